The van der Waals surface area contributed by atoms with Crippen LogP contribution < -0.4 is 0 Å². The monoisotopic (exact) mass is 204 g/mol. The molecule has 0 radical (unpaired) electrons. The molecule has 1 rings (SSSR count). The summed E-state index contributed by atoms with van der Waals surface area (Å²) in [5, 5.41) is 9.35. The summed E-state index contributed by atoms with van der Waals surface area (Å²) in [6, 6.07) is 2.71. The molecule has 14 heavy (non-hydrogen) atoms. The Balaban J connectivity index is 3.02. The highest BCUT2D eigenvalue weighted by Gasteiger charge is 2.27. The molecule has 1 N–H and O–H groups in total. The van der Waals surface area contributed by atoms with E-state index in [9.17, 15) is 18.3 Å². The molecule has 0 aromatic heterocycles. The Labute approximate surface area is 80.2 Å². The third-order valence-electron chi connectivity index (χ3n) is 1.96. The number of aromatic hydroxyl groups is 1. The summed E-state index contributed by atoms with van der Waals surface area (Å²) in [6.45, 7) is 3.17. The minimum atomic E-state index is -4.20. The first-order chi connectivity index (χ1) is 6.29. The van der Waals surface area contributed by atoms with Crippen LogP contribution in [0.3, 0.4) is 0 Å². The molecular weight excluding hydrogens is 193 g/mol. The van der Waals surface area contributed by atoms with Crippen LogP contribution in [-0.4, -0.2) is 11.3 Å². The Morgan fingerprint density at radius 2 is 1.57 bits per heavy atom. The fourth-order valence-electron chi connectivity index (χ4n) is 1.38. The van der Waals surface area contributed by atoms with Crippen LogP contribution in [0.4, 0.5) is 13.2 Å². The fourth-order valence-corrected chi connectivity index (χ4v) is 1.38. The molecule has 0 saturated heterocycles. The summed E-state index contributed by atoms with van der Waals surface area (Å²) in [6.07, 6.45) is -5.15. The fraction of sp³-hybridized carbons (Fsp3) is 0.400. The van der Waals surface area contributed by atoms with E-state index in [4.69, 9.17) is 0 Å². The van der Waals surface area contributed by atoms with E-state index in [0.29, 0.717) is 11.1 Å². The smallest absolute Gasteiger partial charge is 0.393 e. The Morgan fingerprint density at radius 1 is 1.14 bits per heavy atom. The summed E-state index contributed by atoms with van der Waals surface area (Å²) < 4.78 is 36.1. The lowest BCUT2D eigenvalue weighted by Gasteiger charge is -2.09. The van der Waals surface area contributed by atoms with Crippen LogP contribution in [0.1, 0.15) is 16.7 Å². The summed E-state index contributed by atoms with van der Waals surface area (Å²) in [5.74, 6) is 0.0657. The maximum atomic E-state index is 12.0. The van der Waals surface area contributed by atoms with E-state index < -0.39 is 12.6 Å². The van der Waals surface area contributed by atoms with Crippen molar-refractivity contribution in [3.63, 3.8) is 0 Å². The number of aryl methyl sites for hydroxylation is 2. The van der Waals surface area contributed by atoms with Crippen molar-refractivity contribution < 1.29 is 18.3 Å². The third-order valence-corrected chi connectivity index (χ3v) is 1.96. The predicted molar refractivity (Wildman–Crippen MR) is 47.3 cm³/mol. The quantitative estimate of drug-likeness (QED) is 0.745. The van der Waals surface area contributed by atoms with Gasteiger partial charge in [0.15, 0.2) is 0 Å². The van der Waals surface area contributed by atoms with Gasteiger partial charge in [-0.2, -0.15) is 13.2 Å². The number of halogens is 3. The topological polar surface area (TPSA) is 20.2 Å². The van der Waals surface area contributed by atoms with Crippen LogP contribution in [-0.2, 0) is 6.42 Å². The van der Waals surface area contributed by atoms with Gasteiger partial charge in [-0.25, -0.2) is 0 Å². The Bertz CT molecular complexity index is 319. The summed E-state index contributed by atoms with van der Waals surface area (Å²) in [7, 11) is 0. The molecule has 1 aromatic carbocycles. The second-order valence-corrected chi connectivity index (χ2v) is 3.37. The van der Waals surface area contributed by atoms with Crippen LogP contribution in [0.5, 0.6) is 5.75 Å². The molecule has 0 aliphatic heterocycles. The number of hydrogen-bond donors (Lipinski definition) is 1. The first-order valence-electron chi connectivity index (χ1n) is 4.15. The van der Waals surface area contributed by atoms with Crippen LogP contribution in [0, 0.1) is 13.8 Å². The van der Waals surface area contributed by atoms with Crippen molar-refractivity contribution in [2.24, 2.45) is 0 Å². The van der Waals surface area contributed by atoms with Crippen LogP contribution >= 0.6 is 0 Å². The average molecular weight is 204 g/mol. The second kappa shape index (κ2) is 3.52. The van der Waals surface area contributed by atoms with Crippen molar-refractivity contribution in [1.29, 1.82) is 0 Å². The number of benzene rings is 1. The van der Waals surface area contributed by atoms with E-state index in [1.54, 1.807) is 13.8 Å². The van der Waals surface area contributed by atoms with Gasteiger partial charge in [0.2, 0.25) is 0 Å². The SMILES string of the molecule is Cc1cc(CC(F)(F)F)cc(C)c1O. The number of phenolic OH excluding ortho intramolecular Hbond substituents is 1. The first kappa shape index (κ1) is 10.9. The number of rotatable bonds is 1. The molecule has 1 aromatic rings. The maximum Gasteiger partial charge on any atom is 0.393 e. The van der Waals surface area contributed by atoms with Gasteiger partial charge in [0.1, 0.15) is 5.75 Å². The number of hydrogen-bond acceptors (Lipinski definition) is 1. The van der Waals surface area contributed by atoms with Crippen molar-refractivity contribution >= 4 is 0 Å². The van der Waals surface area contributed by atoms with Gasteiger partial charge in [0.05, 0.1) is 6.42 Å². The minimum absolute atomic E-state index is 0.0657. The van der Waals surface area contributed by atoms with Gasteiger partial charge in [0.25, 0.3) is 0 Å². The summed E-state index contributed by atoms with van der Waals surface area (Å²) in [4.78, 5) is 0. The standard InChI is InChI=1S/C10H11F3O/c1-6-3-8(5-10(11,12)13)4-7(2)9(6)14/h3-4,14H,5H2,1-2H3. The van der Waals surface area contributed by atoms with Crippen molar-refractivity contribution in [2.75, 3.05) is 0 Å². The minimum Gasteiger partial charge on any atom is -0.507 e. The molecule has 0 spiro atoms. The lowest BCUT2D eigenvalue weighted by Crippen LogP contribution is -2.11. The van der Waals surface area contributed by atoms with E-state index in [0.717, 1.165) is 0 Å². The van der Waals surface area contributed by atoms with Crippen LogP contribution in [0.2, 0.25) is 0 Å². The third kappa shape index (κ3) is 2.65. The second-order valence-electron chi connectivity index (χ2n) is 3.37. The molecule has 1 nitrogen and oxygen atoms in total. The van der Waals surface area contributed by atoms with Gasteiger partial charge < -0.3 is 5.11 Å². The highest BCUT2D eigenvalue weighted by atomic mass is 19.4. The zero-order chi connectivity index (χ0) is 10.9. The van der Waals surface area contributed by atoms with Gasteiger partial charge in [-0.1, -0.05) is 12.1 Å². The zero-order valence-corrected chi connectivity index (χ0v) is 7.94. The lowest BCUT2D eigenvalue weighted by molar-refractivity contribution is -0.127. The number of alkyl halides is 3. The molecule has 4 heteroatoms. The molecule has 0 saturated carbocycles. The van der Waals surface area contributed by atoms with E-state index in [2.05, 4.69) is 0 Å². The largest absolute Gasteiger partial charge is 0.507 e. The highest BCUT2D eigenvalue weighted by molar-refractivity contribution is 5.42. The van der Waals surface area contributed by atoms with Gasteiger partial charge in [-0.3, -0.25) is 0 Å². The van der Waals surface area contributed by atoms with Crippen molar-refractivity contribution in [2.45, 2.75) is 26.4 Å². The van der Waals surface area contributed by atoms with Crippen LogP contribution in [0.15, 0.2) is 12.1 Å². The summed E-state index contributed by atoms with van der Waals surface area (Å²) in [5.41, 5.74) is 1.14. The predicted octanol–water partition coefficient (Wildman–Crippen LogP) is 3.11. The normalized spacial score (nSPS) is 11.8. The molecule has 0 bridgehead atoms. The van der Waals surface area contributed by atoms with E-state index >= 15 is 0 Å². The molecule has 0 fully saturated rings. The average Bonchev–Trinajstić information content (AvgIpc) is 1.96. The van der Waals surface area contributed by atoms with Gasteiger partial charge in [0, 0.05) is 0 Å². The Morgan fingerprint density at radius 3 is 1.93 bits per heavy atom. The first-order valence-corrected chi connectivity index (χ1v) is 4.15. The Kier molecular flexibility index (Phi) is 2.73. The lowest BCUT2D eigenvalue weighted by atomic mass is 10.0. The van der Waals surface area contributed by atoms with E-state index in [1.807, 2.05) is 0 Å². The van der Waals surface area contributed by atoms with Gasteiger partial charge in [-0.05, 0) is 30.5 Å². The molecule has 0 atom stereocenters. The van der Waals surface area contributed by atoms with Crippen molar-refractivity contribution in [3.05, 3.63) is 28.8 Å². The highest BCUT2D eigenvalue weighted by Crippen LogP contribution is 2.27. The Hall–Kier alpha value is -1.19. The van der Waals surface area contributed by atoms with Gasteiger partial charge >= 0.3 is 6.18 Å². The molecule has 78 valence electrons. The molecule has 0 heterocycles. The van der Waals surface area contributed by atoms with Crippen molar-refractivity contribution in [1.82, 2.24) is 0 Å². The molecule has 0 aliphatic rings. The maximum absolute atomic E-state index is 12.0. The van der Waals surface area contributed by atoms with Crippen molar-refractivity contribution in [3.8, 4) is 5.75 Å². The van der Waals surface area contributed by atoms with Crippen LogP contribution in [0.25, 0.3) is 0 Å². The van der Waals surface area contributed by atoms with Gasteiger partial charge in [-0.15, -0.1) is 0 Å². The summed E-state index contributed by atoms with van der Waals surface area (Å²) >= 11 is 0. The molecular formula is C10H11F3O. The number of phenols is 1. The van der Waals surface area contributed by atoms with E-state index in [1.165, 1.54) is 12.1 Å². The molecule has 0 unspecified atom stereocenters. The molecule has 0 aliphatic carbocycles. The van der Waals surface area contributed by atoms with E-state index in [-0.39, 0.29) is 11.3 Å². The zero-order valence-electron chi connectivity index (χ0n) is 7.94. The molecule has 0 amide bonds.